The van der Waals surface area contributed by atoms with Crippen molar-refractivity contribution in [3.05, 3.63) is 94.7 Å². The zero-order chi connectivity index (χ0) is 24.4. The summed E-state index contributed by atoms with van der Waals surface area (Å²) in [6.45, 7) is 9.98. The summed E-state index contributed by atoms with van der Waals surface area (Å²) < 4.78 is 5.72. The number of carbonyl (C=O) groups excluding carboxylic acids is 2. The van der Waals surface area contributed by atoms with Crippen LogP contribution in [0.5, 0.6) is 5.75 Å². The normalized spacial score (nSPS) is 13.8. The summed E-state index contributed by atoms with van der Waals surface area (Å²) in [6.07, 6.45) is 0.955. The molecule has 34 heavy (non-hydrogen) atoms. The van der Waals surface area contributed by atoms with Crippen LogP contribution in [0.1, 0.15) is 43.0 Å². The van der Waals surface area contributed by atoms with Crippen molar-refractivity contribution in [3.63, 3.8) is 0 Å². The summed E-state index contributed by atoms with van der Waals surface area (Å²) in [5.74, 6) is 0.0470. The number of rotatable bonds is 7. The van der Waals surface area contributed by atoms with Crippen LogP contribution in [-0.4, -0.2) is 17.9 Å². The smallest absolute Gasteiger partial charge is 0.282 e. The van der Waals surface area contributed by atoms with Crippen molar-refractivity contribution >= 4 is 28.8 Å². The lowest BCUT2D eigenvalue weighted by molar-refractivity contribution is -0.120. The number of benzene rings is 3. The molecule has 4 rings (SSSR count). The standard InChI is InChI=1S/C29H30N2O3/c1-6-21-8-12-23(13-9-21)31-28(32)26(25-16-7-19(4)17-20(25)5)27(29(31)33)30-22-10-14-24(15-11-22)34-18(2)3/h7-18,30H,6H2,1-5H3. The molecule has 0 fully saturated rings. The first-order valence-electron chi connectivity index (χ1n) is 11.6. The fourth-order valence-electron chi connectivity index (χ4n) is 4.14. The van der Waals surface area contributed by atoms with Crippen molar-refractivity contribution in [3.8, 4) is 5.75 Å². The number of hydrogen-bond donors (Lipinski definition) is 1. The highest BCUT2D eigenvalue weighted by molar-refractivity contribution is 6.46. The van der Waals surface area contributed by atoms with Crippen molar-refractivity contribution in [1.29, 1.82) is 0 Å². The number of nitrogens with one attached hydrogen (secondary N) is 1. The predicted octanol–water partition coefficient (Wildman–Crippen LogP) is 6.05. The fourth-order valence-corrected chi connectivity index (χ4v) is 4.14. The minimum absolute atomic E-state index is 0.0688. The Hall–Kier alpha value is -3.86. The summed E-state index contributed by atoms with van der Waals surface area (Å²) in [4.78, 5) is 28.5. The number of nitrogens with zero attached hydrogens (tertiary/aromatic N) is 1. The van der Waals surface area contributed by atoms with Crippen LogP contribution >= 0.6 is 0 Å². The van der Waals surface area contributed by atoms with Crippen LogP contribution < -0.4 is 15.0 Å². The summed E-state index contributed by atoms with van der Waals surface area (Å²) in [6, 6.07) is 20.8. The van der Waals surface area contributed by atoms with Crippen LogP contribution in [0.2, 0.25) is 0 Å². The maximum Gasteiger partial charge on any atom is 0.282 e. The molecule has 0 aromatic heterocycles. The van der Waals surface area contributed by atoms with Gasteiger partial charge in [-0.1, -0.05) is 42.8 Å². The largest absolute Gasteiger partial charge is 0.491 e. The van der Waals surface area contributed by atoms with Crippen LogP contribution in [-0.2, 0) is 16.0 Å². The molecule has 0 spiro atoms. The van der Waals surface area contributed by atoms with Gasteiger partial charge in [0, 0.05) is 5.69 Å². The second-order valence-electron chi connectivity index (χ2n) is 8.85. The van der Waals surface area contributed by atoms with Crippen LogP contribution in [0.15, 0.2) is 72.4 Å². The first-order valence-corrected chi connectivity index (χ1v) is 11.6. The molecule has 0 saturated carbocycles. The van der Waals surface area contributed by atoms with Gasteiger partial charge in [-0.15, -0.1) is 0 Å². The Kier molecular flexibility index (Phi) is 6.55. The lowest BCUT2D eigenvalue weighted by atomic mass is 9.97. The molecule has 3 aromatic carbocycles. The second kappa shape index (κ2) is 9.56. The van der Waals surface area contributed by atoms with E-state index in [0.717, 1.165) is 34.4 Å². The van der Waals surface area contributed by atoms with Gasteiger partial charge in [0.1, 0.15) is 11.4 Å². The fraction of sp³-hybridized carbons (Fsp3) is 0.241. The quantitative estimate of drug-likeness (QED) is 0.442. The number of amides is 2. The molecule has 1 aliphatic rings. The third-order valence-electron chi connectivity index (χ3n) is 5.83. The van der Waals surface area contributed by atoms with Gasteiger partial charge >= 0.3 is 0 Å². The van der Waals surface area contributed by atoms with Crippen LogP contribution in [0.3, 0.4) is 0 Å². The Morgan fingerprint density at radius 3 is 2.15 bits per heavy atom. The number of ether oxygens (including phenoxy) is 1. The molecular weight excluding hydrogens is 424 g/mol. The molecule has 5 heteroatoms. The molecule has 1 aliphatic heterocycles. The summed E-state index contributed by atoms with van der Waals surface area (Å²) >= 11 is 0. The lowest BCUT2D eigenvalue weighted by Gasteiger charge is -2.16. The van der Waals surface area contributed by atoms with Crippen LogP contribution in [0.25, 0.3) is 5.57 Å². The number of imide groups is 1. The maximum atomic E-state index is 13.7. The summed E-state index contributed by atoms with van der Waals surface area (Å²) in [7, 11) is 0. The van der Waals surface area contributed by atoms with Gasteiger partial charge in [0.2, 0.25) is 0 Å². The molecule has 174 valence electrons. The summed E-state index contributed by atoms with van der Waals surface area (Å²) in [5.41, 5.74) is 5.86. The van der Waals surface area contributed by atoms with E-state index in [4.69, 9.17) is 4.74 Å². The van der Waals surface area contributed by atoms with E-state index < -0.39 is 0 Å². The zero-order valence-electron chi connectivity index (χ0n) is 20.3. The van der Waals surface area contributed by atoms with E-state index in [1.807, 2.05) is 94.4 Å². The topological polar surface area (TPSA) is 58.6 Å². The van der Waals surface area contributed by atoms with E-state index in [-0.39, 0.29) is 23.6 Å². The zero-order valence-corrected chi connectivity index (χ0v) is 20.3. The van der Waals surface area contributed by atoms with E-state index in [1.54, 1.807) is 0 Å². The molecule has 1 N–H and O–H groups in total. The monoisotopic (exact) mass is 454 g/mol. The Morgan fingerprint density at radius 1 is 0.882 bits per heavy atom. The Bertz CT molecular complexity index is 1260. The highest BCUT2D eigenvalue weighted by atomic mass is 16.5. The number of hydrogen-bond acceptors (Lipinski definition) is 4. The Balaban J connectivity index is 1.76. The molecule has 2 amide bonds. The number of carbonyl (C=O) groups is 2. The van der Waals surface area contributed by atoms with Gasteiger partial charge in [0.05, 0.1) is 17.4 Å². The van der Waals surface area contributed by atoms with Crippen LogP contribution in [0.4, 0.5) is 11.4 Å². The van der Waals surface area contributed by atoms with E-state index >= 15 is 0 Å². The highest BCUT2D eigenvalue weighted by Gasteiger charge is 2.40. The third-order valence-corrected chi connectivity index (χ3v) is 5.83. The maximum absolute atomic E-state index is 13.7. The van der Waals surface area contributed by atoms with Crippen LogP contribution in [0, 0.1) is 13.8 Å². The Labute approximate surface area is 201 Å². The number of aryl methyl sites for hydroxylation is 3. The van der Waals surface area contributed by atoms with Crippen molar-refractivity contribution in [2.45, 2.75) is 47.1 Å². The molecular formula is C29H30N2O3. The molecule has 0 atom stereocenters. The molecule has 0 aliphatic carbocycles. The van der Waals surface area contributed by atoms with Gasteiger partial charge in [-0.25, -0.2) is 4.90 Å². The SMILES string of the molecule is CCc1ccc(N2C(=O)C(Nc3ccc(OC(C)C)cc3)=C(c3ccc(C)cc3C)C2=O)cc1. The van der Waals surface area contributed by atoms with E-state index in [2.05, 4.69) is 12.2 Å². The van der Waals surface area contributed by atoms with Gasteiger partial charge in [0.15, 0.2) is 0 Å². The van der Waals surface area contributed by atoms with Crippen molar-refractivity contribution in [2.75, 3.05) is 10.2 Å². The first-order chi connectivity index (χ1) is 16.3. The molecule has 3 aromatic rings. The van der Waals surface area contributed by atoms with Gasteiger partial charge < -0.3 is 10.1 Å². The molecule has 0 radical (unpaired) electrons. The third kappa shape index (κ3) is 4.60. The molecule has 0 bridgehead atoms. The van der Waals surface area contributed by atoms with Gasteiger partial charge in [-0.3, -0.25) is 9.59 Å². The molecule has 1 heterocycles. The van der Waals surface area contributed by atoms with E-state index in [9.17, 15) is 9.59 Å². The number of anilines is 2. The van der Waals surface area contributed by atoms with Crippen molar-refractivity contribution in [2.24, 2.45) is 0 Å². The minimum Gasteiger partial charge on any atom is -0.491 e. The summed E-state index contributed by atoms with van der Waals surface area (Å²) in [5, 5.41) is 3.23. The predicted molar refractivity (Wildman–Crippen MR) is 137 cm³/mol. The second-order valence-corrected chi connectivity index (χ2v) is 8.85. The van der Waals surface area contributed by atoms with Gasteiger partial charge in [0.25, 0.3) is 11.8 Å². The highest BCUT2D eigenvalue weighted by Crippen LogP contribution is 2.35. The first kappa shape index (κ1) is 23.3. The minimum atomic E-state index is -0.369. The van der Waals surface area contributed by atoms with Gasteiger partial charge in [-0.05, 0) is 87.2 Å². The van der Waals surface area contributed by atoms with Crippen molar-refractivity contribution in [1.82, 2.24) is 0 Å². The van der Waals surface area contributed by atoms with E-state index in [0.29, 0.717) is 16.9 Å². The molecule has 0 saturated heterocycles. The van der Waals surface area contributed by atoms with E-state index in [1.165, 1.54) is 4.90 Å². The average molecular weight is 455 g/mol. The molecule has 5 nitrogen and oxygen atoms in total. The lowest BCUT2D eigenvalue weighted by Crippen LogP contribution is -2.32. The molecule has 0 unspecified atom stereocenters. The Morgan fingerprint density at radius 2 is 1.56 bits per heavy atom. The van der Waals surface area contributed by atoms with Gasteiger partial charge in [-0.2, -0.15) is 0 Å². The van der Waals surface area contributed by atoms with Crippen molar-refractivity contribution < 1.29 is 14.3 Å². The average Bonchev–Trinajstić information content (AvgIpc) is 3.04.